The summed E-state index contributed by atoms with van der Waals surface area (Å²) < 4.78 is 104. The van der Waals surface area contributed by atoms with Gasteiger partial charge in [-0.1, -0.05) is 0 Å². The number of morpholine rings is 1. The molecule has 2 aliphatic heterocycles. The normalized spacial score (nSPS) is 17.3. The van der Waals surface area contributed by atoms with E-state index in [1.54, 1.807) is 4.90 Å². The van der Waals surface area contributed by atoms with Crippen LogP contribution in [0.1, 0.15) is 0 Å². The number of nitrogens with zero attached hydrogens (tertiary/aromatic N) is 9. The molecule has 17 nitrogen and oxygen atoms in total. The molecular formula is C20H27F3N10O7S2. The number of anilines is 3. The van der Waals surface area contributed by atoms with Gasteiger partial charge in [-0.2, -0.15) is 25.9 Å². The van der Waals surface area contributed by atoms with Gasteiger partial charge < -0.3 is 20.3 Å². The number of aromatic nitrogens is 6. The highest BCUT2D eigenvalue weighted by atomic mass is 32.3. The standard InChI is InChI=1S/C20H25F3N10O3S.H2O4S/c1-37(34,35)32-4-2-31(3-5-32)19-27-14-16(30-6-8-36-9-7-30)28-15(13-10-25-18(24)26-11-13)29-17(14)33(19)12-20(21,22)23;1-5(2,3)4/h10-11H,2-9,12H2,1H3,(H2,24,25,26);(H2,1,2,3,4). The average Bonchev–Trinajstić information content (AvgIpc) is 3.24. The van der Waals surface area contributed by atoms with E-state index in [0.717, 1.165) is 10.8 Å². The smallest absolute Gasteiger partial charge is 0.378 e. The molecule has 0 atom stereocenters. The van der Waals surface area contributed by atoms with Gasteiger partial charge in [0.05, 0.1) is 25.0 Å². The van der Waals surface area contributed by atoms with Crippen LogP contribution in [0.5, 0.6) is 0 Å². The van der Waals surface area contributed by atoms with Crippen LogP contribution in [0.2, 0.25) is 0 Å². The Morgan fingerprint density at radius 2 is 1.50 bits per heavy atom. The number of alkyl halides is 3. The maximum atomic E-state index is 13.8. The van der Waals surface area contributed by atoms with Gasteiger partial charge in [0, 0.05) is 51.7 Å². The van der Waals surface area contributed by atoms with E-state index in [1.807, 2.05) is 4.90 Å². The van der Waals surface area contributed by atoms with Crippen LogP contribution in [-0.2, 0) is 31.7 Å². The zero-order valence-corrected chi connectivity index (χ0v) is 23.6. The molecule has 4 N–H and O–H groups in total. The van der Waals surface area contributed by atoms with Crippen LogP contribution in [0.3, 0.4) is 0 Å². The Balaban J connectivity index is 0.000000748. The Morgan fingerprint density at radius 1 is 0.929 bits per heavy atom. The number of hydrogen-bond donors (Lipinski definition) is 3. The molecule has 0 radical (unpaired) electrons. The van der Waals surface area contributed by atoms with Gasteiger partial charge in [-0.25, -0.2) is 33.3 Å². The minimum atomic E-state index is -4.67. The number of imidazole rings is 1. The maximum Gasteiger partial charge on any atom is 0.406 e. The monoisotopic (exact) mass is 640 g/mol. The van der Waals surface area contributed by atoms with E-state index in [0.29, 0.717) is 37.7 Å². The fourth-order valence-corrected chi connectivity index (χ4v) is 5.17. The van der Waals surface area contributed by atoms with E-state index in [-0.39, 0.29) is 55.1 Å². The van der Waals surface area contributed by atoms with Crippen LogP contribution in [0.15, 0.2) is 12.4 Å². The van der Waals surface area contributed by atoms with Crippen molar-refractivity contribution in [2.75, 3.05) is 74.3 Å². The highest BCUT2D eigenvalue weighted by molar-refractivity contribution is 7.88. The van der Waals surface area contributed by atoms with E-state index in [4.69, 9.17) is 28.0 Å². The minimum absolute atomic E-state index is 0.00110. The van der Waals surface area contributed by atoms with Crippen molar-refractivity contribution in [2.45, 2.75) is 12.7 Å². The summed E-state index contributed by atoms with van der Waals surface area (Å²) in [7, 11) is -8.08. The fourth-order valence-electron chi connectivity index (χ4n) is 4.34. The molecule has 0 aliphatic carbocycles. The van der Waals surface area contributed by atoms with E-state index in [9.17, 15) is 21.6 Å². The molecule has 232 valence electrons. The maximum absolute atomic E-state index is 13.8. The molecule has 3 aromatic heterocycles. The minimum Gasteiger partial charge on any atom is -0.378 e. The summed E-state index contributed by atoms with van der Waals surface area (Å²) in [5.74, 6) is 0.591. The summed E-state index contributed by atoms with van der Waals surface area (Å²) in [6, 6.07) is 0. The first kappa shape index (κ1) is 31.5. The first-order valence-corrected chi connectivity index (χ1v) is 15.4. The lowest BCUT2D eigenvalue weighted by molar-refractivity contribution is -0.139. The van der Waals surface area contributed by atoms with Crippen molar-refractivity contribution in [3.63, 3.8) is 0 Å². The predicted molar refractivity (Wildman–Crippen MR) is 143 cm³/mol. The third-order valence-electron chi connectivity index (χ3n) is 6.12. The predicted octanol–water partition coefficient (Wildman–Crippen LogP) is -0.307. The van der Waals surface area contributed by atoms with Gasteiger partial charge in [-0.15, -0.1) is 0 Å². The van der Waals surface area contributed by atoms with E-state index < -0.39 is 33.1 Å². The van der Waals surface area contributed by atoms with Crippen molar-refractivity contribution < 1.29 is 43.8 Å². The molecule has 0 saturated carbocycles. The van der Waals surface area contributed by atoms with Crippen LogP contribution in [-0.4, -0.2) is 125 Å². The second-order valence-corrected chi connectivity index (χ2v) is 12.1. The largest absolute Gasteiger partial charge is 0.406 e. The van der Waals surface area contributed by atoms with Crippen LogP contribution < -0.4 is 15.5 Å². The van der Waals surface area contributed by atoms with Crippen molar-refractivity contribution in [3.05, 3.63) is 12.4 Å². The second-order valence-electron chi connectivity index (χ2n) is 9.18. The van der Waals surface area contributed by atoms with Crippen molar-refractivity contribution in [1.29, 1.82) is 0 Å². The van der Waals surface area contributed by atoms with Crippen LogP contribution in [0.25, 0.3) is 22.6 Å². The van der Waals surface area contributed by atoms with Gasteiger partial charge in [0.15, 0.2) is 22.8 Å². The Morgan fingerprint density at radius 3 is 2.02 bits per heavy atom. The van der Waals surface area contributed by atoms with Gasteiger partial charge in [-0.05, 0) is 0 Å². The lowest BCUT2D eigenvalue weighted by Crippen LogP contribution is -2.49. The number of rotatable bonds is 5. The van der Waals surface area contributed by atoms with E-state index in [1.165, 1.54) is 16.7 Å². The molecule has 2 fully saturated rings. The highest BCUT2D eigenvalue weighted by Crippen LogP contribution is 2.33. The number of ether oxygens (including phenoxy) is 1. The molecule has 2 saturated heterocycles. The van der Waals surface area contributed by atoms with Crippen molar-refractivity contribution in [1.82, 2.24) is 33.8 Å². The zero-order valence-electron chi connectivity index (χ0n) is 22.0. The SMILES string of the molecule is CS(=O)(=O)N1CCN(c2nc3c(N4CCOCC4)nc(-c4cnc(N)nc4)nc3n2CC(F)(F)F)CC1.O=S(=O)(O)O. The summed E-state index contributed by atoms with van der Waals surface area (Å²) in [6.45, 7) is 1.07. The van der Waals surface area contributed by atoms with Crippen molar-refractivity contribution in [3.8, 4) is 11.4 Å². The topological polar surface area (TPSA) is 223 Å². The molecule has 5 heterocycles. The van der Waals surface area contributed by atoms with E-state index >= 15 is 0 Å². The number of halogens is 3. The van der Waals surface area contributed by atoms with Gasteiger partial charge in [0.1, 0.15) is 6.54 Å². The molecule has 2 aliphatic rings. The third-order valence-corrected chi connectivity index (χ3v) is 7.43. The van der Waals surface area contributed by atoms with E-state index in [2.05, 4.69) is 24.9 Å². The molecule has 5 rings (SSSR count). The zero-order chi connectivity index (χ0) is 30.9. The van der Waals surface area contributed by atoms with Crippen LogP contribution in [0, 0.1) is 0 Å². The van der Waals surface area contributed by atoms with Crippen LogP contribution >= 0.6 is 0 Å². The quantitative estimate of drug-likeness (QED) is 0.304. The Kier molecular flexibility index (Phi) is 9.03. The summed E-state index contributed by atoms with van der Waals surface area (Å²) in [6.07, 6.45) is -0.648. The van der Waals surface area contributed by atoms with Gasteiger partial charge in [0.2, 0.25) is 21.9 Å². The second kappa shape index (κ2) is 12.0. The van der Waals surface area contributed by atoms with Gasteiger partial charge in [0.25, 0.3) is 0 Å². The molecule has 0 unspecified atom stereocenters. The first-order chi connectivity index (χ1) is 19.5. The summed E-state index contributed by atoms with van der Waals surface area (Å²) in [4.78, 5) is 25.1. The fraction of sp³-hybridized carbons (Fsp3) is 0.550. The number of nitrogens with two attached hydrogens (primary N) is 1. The Labute approximate surface area is 237 Å². The molecule has 0 aromatic carbocycles. The number of piperazine rings is 1. The van der Waals surface area contributed by atoms with Gasteiger partial charge in [-0.3, -0.25) is 13.7 Å². The molecule has 3 aromatic rings. The average molecular weight is 641 g/mol. The molecular weight excluding hydrogens is 613 g/mol. The molecule has 22 heteroatoms. The molecule has 0 bridgehead atoms. The third kappa shape index (κ3) is 8.10. The number of hydrogen-bond acceptors (Lipinski definition) is 13. The van der Waals surface area contributed by atoms with Gasteiger partial charge >= 0.3 is 16.6 Å². The molecule has 0 spiro atoms. The Hall–Kier alpha value is -3.44. The number of sulfonamides is 1. The van der Waals surface area contributed by atoms with Crippen molar-refractivity contribution in [2.24, 2.45) is 0 Å². The number of fused-ring (bicyclic) bond motifs is 1. The molecule has 42 heavy (non-hydrogen) atoms. The number of nitrogen functional groups attached to an aromatic ring is 1. The molecule has 0 amide bonds. The lowest BCUT2D eigenvalue weighted by Gasteiger charge is -2.34. The Bertz CT molecular complexity index is 1610. The summed E-state index contributed by atoms with van der Waals surface area (Å²) >= 11 is 0. The highest BCUT2D eigenvalue weighted by Gasteiger charge is 2.35. The lowest BCUT2D eigenvalue weighted by atomic mass is 10.3. The first-order valence-electron chi connectivity index (χ1n) is 12.1. The van der Waals surface area contributed by atoms with Crippen molar-refractivity contribution >= 4 is 49.3 Å². The van der Waals surface area contributed by atoms with Crippen LogP contribution in [0.4, 0.5) is 30.9 Å². The summed E-state index contributed by atoms with van der Waals surface area (Å²) in [5.41, 5.74) is 6.19. The summed E-state index contributed by atoms with van der Waals surface area (Å²) in [5, 5.41) is 0.